The molecule has 7 nitrogen and oxygen atoms in total. The van der Waals surface area contributed by atoms with Gasteiger partial charge < -0.3 is 9.84 Å². The van der Waals surface area contributed by atoms with Crippen LogP contribution in [-0.4, -0.2) is 25.8 Å². The number of hydrogen-bond donors (Lipinski definition) is 1. The summed E-state index contributed by atoms with van der Waals surface area (Å²) in [6, 6.07) is 14.8. The van der Waals surface area contributed by atoms with Crippen molar-refractivity contribution < 1.29 is 9.32 Å². The summed E-state index contributed by atoms with van der Waals surface area (Å²) in [5, 5.41) is 11.9. The van der Waals surface area contributed by atoms with E-state index in [4.69, 9.17) is 16.1 Å². The average molecular weight is 408 g/mol. The Labute approximate surface area is 172 Å². The molecule has 0 saturated heterocycles. The standard InChI is InChI=1S/C21H18ClN5O2/c1-13-19(20(26-29-13)15-7-3-4-8-16(15)22)21(28)24-12-14-11-18(27(2)25-14)17-9-5-6-10-23-17/h3-11H,12H2,1-2H3,(H,24,28). The van der Waals surface area contributed by atoms with E-state index in [0.29, 0.717) is 27.6 Å². The van der Waals surface area contributed by atoms with Crippen molar-refractivity contribution in [3.8, 4) is 22.6 Å². The topological polar surface area (TPSA) is 85.8 Å². The van der Waals surface area contributed by atoms with Crippen LogP contribution in [0.1, 0.15) is 21.8 Å². The van der Waals surface area contributed by atoms with Crippen molar-refractivity contribution in [1.29, 1.82) is 0 Å². The highest BCUT2D eigenvalue weighted by Crippen LogP contribution is 2.31. The summed E-state index contributed by atoms with van der Waals surface area (Å²) in [6.45, 7) is 1.95. The highest BCUT2D eigenvalue weighted by atomic mass is 35.5. The third-order valence-electron chi connectivity index (χ3n) is 4.51. The number of pyridine rings is 1. The maximum atomic E-state index is 12.9. The van der Waals surface area contributed by atoms with Gasteiger partial charge in [0.2, 0.25) is 0 Å². The molecule has 0 aliphatic rings. The van der Waals surface area contributed by atoms with Gasteiger partial charge in [0.1, 0.15) is 17.0 Å². The summed E-state index contributed by atoms with van der Waals surface area (Å²) in [5.41, 5.74) is 3.82. The molecule has 0 saturated carbocycles. The molecule has 0 spiro atoms. The summed E-state index contributed by atoms with van der Waals surface area (Å²) >= 11 is 6.26. The van der Waals surface area contributed by atoms with Gasteiger partial charge >= 0.3 is 0 Å². The van der Waals surface area contributed by atoms with Gasteiger partial charge in [-0.25, -0.2) is 0 Å². The quantitative estimate of drug-likeness (QED) is 0.539. The van der Waals surface area contributed by atoms with Crippen LogP contribution < -0.4 is 5.32 Å². The van der Waals surface area contributed by atoms with E-state index in [-0.39, 0.29) is 12.5 Å². The lowest BCUT2D eigenvalue weighted by atomic mass is 10.1. The summed E-state index contributed by atoms with van der Waals surface area (Å²) in [7, 11) is 1.84. The average Bonchev–Trinajstić information content (AvgIpc) is 3.29. The molecule has 29 heavy (non-hydrogen) atoms. The maximum absolute atomic E-state index is 12.9. The number of nitrogens with zero attached hydrogens (tertiary/aromatic N) is 4. The predicted octanol–water partition coefficient (Wildman–Crippen LogP) is 4.03. The first-order valence-corrected chi connectivity index (χ1v) is 9.36. The highest BCUT2D eigenvalue weighted by molar-refractivity contribution is 6.33. The number of hydrogen-bond acceptors (Lipinski definition) is 5. The Hall–Kier alpha value is -3.45. The summed E-state index contributed by atoms with van der Waals surface area (Å²) in [4.78, 5) is 17.2. The van der Waals surface area contributed by atoms with E-state index < -0.39 is 0 Å². The molecule has 0 fully saturated rings. The molecule has 3 heterocycles. The van der Waals surface area contributed by atoms with Gasteiger partial charge in [0.15, 0.2) is 0 Å². The van der Waals surface area contributed by atoms with E-state index in [1.54, 1.807) is 29.9 Å². The number of benzene rings is 1. The Morgan fingerprint density at radius 1 is 1.21 bits per heavy atom. The van der Waals surface area contributed by atoms with E-state index in [1.807, 2.05) is 43.4 Å². The third kappa shape index (κ3) is 3.77. The van der Waals surface area contributed by atoms with Crippen molar-refractivity contribution >= 4 is 17.5 Å². The Bertz CT molecular complexity index is 1170. The van der Waals surface area contributed by atoms with Crippen molar-refractivity contribution in [2.45, 2.75) is 13.5 Å². The van der Waals surface area contributed by atoms with Crippen LogP contribution in [0.3, 0.4) is 0 Å². The molecule has 3 aromatic heterocycles. The van der Waals surface area contributed by atoms with Crippen LogP contribution >= 0.6 is 11.6 Å². The number of aromatic nitrogens is 4. The normalized spacial score (nSPS) is 10.9. The second-order valence-electron chi connectivity index (χ2n) is 6.48. The molecular formula is C21H18ClN5O2. The first-order valence-electron chi connectivity index (χ1n) is 8.98. The molecule has 0 radical (unpaired) electrons. The summed E-state index contributed by atoms with van der Waals surface area (Å²) in [6.07, 6.45) is 1.73. The lowest BCUT2D eigenvalue weighted by molar-refractivity contribution is 0.0949. The first kappa shape index (κ1) is 18.9. The second kappa shape index (κ2) is 7.89. The Kier molecular flexibility index (Phi) is 5.14. The number of aryl methyl sites for hydroxylation is 2. The van der Waals surface area contributed by atoms with Crippen molar-refractivity contribution in [3.63, 3.8) is 0 Å². The summed E-state index contributed by atoms with van der Waals surface area (Å²) < 4.78 is 7.00. The Morgan fingerprint density at radius 2 is 2.00 bits per heavy atom. The fourth-order valence-corrected chi connectivity index (χ4v) is 3.33. The van der Waals surface area contributed by atoms with Crippen LogP contribution in [0.5, 0.6) is 0 Å². The molecule has 0 aliphatic carbocycles. The molecule has 0 unspecified atom stereocenters. The molecule has 1 N–H and O–H groups in total. The molecule has 4 aromatic rings. The second-order valence-corrected chi connectivity index (χ2v) is 6.89. The largest absolute Gasteiger partial charge is 0.360 e. The Morgan fingerprint density at radius 3 is 2.76 bits per heavy atom. The number of halogens is 1. The number of carbonyl (C=O) groups is 1. The molecule has 0 aliphatic heterocycles. The fourth-order valence-electron chi connectivity index (χ4n) is 3.10. The van der Waals surface area contributed by atoms with E-state index in [2.05, 4.69) is 20.6 Å². The van der Waals surface area contributed by atoms with Crippen LogP contribution in [0.25, 0.3) is 22.6 Å². The minimum Gasteiger partial charge on any atom is -0.360 e. The number of amides is 1. The van der Waals surface area contributed by atoms with Gasteiger partial charge in [-0.1, -0.05) is 41.0 Å². The smallest absolute Gasteiger partial charge is 0.257 e. The molecule has 4 rings (SSSR count). The van der Waals surface area contributed by atoms with Crippen molar-refractivity contribution in [2.75, 3.05) is 0 Å². The van der Waals surface area contributed by atoms with Gasteiger partial charge in [0, 0.05) is 18.8 Å². The lowest BCUT2D eigenvalue weighted by Gasteiger charge is -2.05. The molecular weight excluding hydrogens is 390 g/mol. The van der Waals surface area contributed by atoms with Crippen molar-refractivity contribution in [2.24, 2.45) is 7.05 Å². The van der Waals surface area contributed by atoms with Gasteiger partial charge in [0.25, 0.3) is 5.91 Å². The zero-order valence-electron chi connectivity index (χ0n) is 15.9. The Balaban J connectivity index is 1.55. The zero-order chi connectivity index (χ0) is 20.4. The fraction of sp³-hybridized carbons (Fsp3) is 0.143. The van der Waals surface area contributed by atoms with E-state index in [9.17, 15) is 4.79 Å². The third-order valence-corrected chi connectivity index (χ3v) is 4.84. The molecule has 1 amide bonds. The lowest BCUT2D eigenvalue weighted by Crippen LogP contribution is -2.24. The van der Waals surface area contributed by atoms with Gasteiger partial charge in [-0.15, -0.1) is 0 Å². The predicted molar refractivity (Wildman–Crippen MR) is 109 cm³/mol. The monoisotopic (exact) mass is 407 g/mol. The van der Waals surface area contributed by atoms with Crippen LogP contribution in [0.2, 0.25) is 5.02 Å². The SMILES string of the molecule is Cc1onc(-c2ccccc2Cl)c1C(=O)NCc1cc(-c2ccccn2)n(C)n1. The zero-order valence-corrected chi connectivity index (χ0v) is 16.6. The maximum Gasteiger partial charge on any atom is 0.257 e. The van der Waals surface area contributed by atoms with Crippen LogP contribution in [0.4, 0.5) is 0 Å². The molecule has 1 aromatic carbocycles. The van der Waals surface area contributed by atoms with Gasteiger partial charge in [-0.2, -0.15) is 5.10 Å². The van der Waals surface area contributed by atoms with Gasteiger partial charge in [0.05, 0.1) is 28.6 Å². The van der Waals surface area contributed by atoms with Crippen molar-refractivity contribution in [3.05, 3.63) is 76.8 Å². The van der Waals surface area contributed by atoms with Crippen LogP contribution in [-0.2, 0) is 13.6 Å². The number of nitrogens with one attached hydrogen (secondary N) is 1. The summed E-state index contributed by atoms with van der Waals surface area (Å²) in [5.74, 6) is 0.122. The van der Waals surface area contributed by atoms with Gasteiger partial charge in [-0.3, -0.25) is 14.5 Å². The van der Waals surface area contributed by atoms with Crippen LogP contribution in [0, 0.1) is 6.92 Å². The van der Waals surface area contributed by atoms with Crippen LogP contribution in [0.15, 0.2) is 59.3 Å². The minimum absolute atomic E-state index is 0.256. The highest BCUT2D eigenvalue weighted by Gasteiger charge is 2.23. The minimum atomic E-state index is -0.302. The van der Waals surface area contributed by atoms with E-state index in [0.717, 1.165) is 17.1 Å². The number of carbonyl (C=O) groups excluding carboxylic acids is 1. The molecule has 146 valence electrons. The molecule has 0 atom stereocenters. The van der Waals surface area contributed by atoms with Gasteiger partial charge in [-0.05, 0) is 31.2 Å². The molecule has 8 heteroatoms. The first-order chi connectivity index (χ1) is 14.0. The number of rotatable bonds is 5. The van der Waals surface area contributed by atoms with E-state index >= 15 is 0 Å². The van der Waals surface area contributed by atoms with E-state index in [1.165, 1.54) is 0 Å². The molecule has 0 bridgehead atoms. The van der Waals surface area contributed by atoms with Crippen molar-refractivity contribution in [1.82, 2.24) is 25.2 Å².